The van der Waals surface area contributed by atoms with Gasteiger partial charge in [-0.1, -0.05) is 11.6 Å². The summed E-state index contributed by atoms with van der Waals surface area (Å²) in [6, 6.07) is 3.65. The molecule has 0 saturated carbocycles. The van der Waals surface area contributed by atoms with E-state index in [1.54, 1.807) is 10.7 Å². The number of hydrogen-bond acceptors (Lipinski definition) is 2. The summed E-state index contributed by atoms with van der Waals surface area (Å²) in [5, 5.41) is 4.59. The Hall–Kier alpha value is -0.610. The predicted octanol–water partition coefficient (Wildman–Crippen LogP) is 2.15. The minimum Gasteiger partial charge on any atom is -0.234 e. The molecule has 2 aromatic heterocycles. The van der Waals surface area contributed by atoms with E-state index < -0.39 is 0 Å². The fourth-order valence-corrected chi connectivity index (χ4v) is 1.29. The number of halogens is 2. The molecule has 0 amide bonds. The fourth-order valence-electron chi connectivity index (χ4n) is 0.823. The highest BCUT2D eigenvalue weighted by Crippen LogP contribution is 2.12. The first-order valence-electron chi connectivity index (χ1n) is 2.93. The van der Waals surface area contributed by atoms with Gasteiger partial charge in [-0.25, -0.2) is 9.50 Å². The van der Waals surface area contributed by atoms with Crippen LogP contribution in [0, 0.1) is 0 Å². The van der Waals surface area contributed by atoms with Crippen LogP contribution in [0.2, 0.25) is 5.15 Å². The Kier molecular flexibility index (Phi) is 1.58. The number of imidazole rings is 1. The van der Waals surface area contributed by atoms with Crippen LogP contribution in [0.4, 0.5) is 0 Å². The van der Waals surface area contributed by atoms with Crippen LogP contribution >= 0.6 is 27.5 Å². The molecule has 0 saturated heterocycles. The molecule has 0 radical (unpaired) electrons. The van der Waals surface area contributed by atoms with E-state index >= 15 is 0 Å². The predicted molar refractivity (Wildman–Crippen MR) is 45.7 cm³/mol. The van der Waals surface area contributed by atoms with E-state index in [0.717, 1.165) is 10.3 Å². The number of hydrogen-bond donors (Lipinski definition) is 0. The SMILES string of the molecule is Clc1cnc2ccc(Br)nn12. The standard InChI is InChI=1S/C6H3BrClN3/c7-4-1-2-6-9-3-5(8)11(6)10-4/h1-3H. The zero-order valence-electron chi connectivity index (χ0n) is 5.33. The smallest absolute Gasteiger partial charge is 0.155 e. The van der Waals surface area contributed by atoms with Gasteiger partial charge in [0.1, 0.15) is 4.60 Å². The van der Waals surface area contributed by atoms with Crippen LogP contribution in [-0.4, -0.2) is 14.6 Å². The Morgan fingerprint density at radius 1 is 1.45 bits per heavy atom. The zero-order chi connectivity index (χ0) is 7.84. The highest BCUT2D eigenvalue weighted by atomic mass is 79.9. The van der Waals surface area contributed by atoms with Gasteiger partial charge in [-0.2, -0.15) is 5.10 Å². The van der Waals surface area contributed by atoms with E-state index in [9.17, 15) is 0 Å². The van der Waals surface area contributed by atoms with Gasteiger partial charge in [-0.05, 0) is 28.1 Å². The lowest BCUT2D eigenvalue weighted by atomic mass is 10.6. The molecule has 0 spiro atoms. The summed E-state index contributed by atoms with van der Waals surface area (Å²) in [5.74, 6) is 0. The molecule has 0 aliphatic rings. The highest BCUT2D eigenvalue weighted by Gasteiger charge is 2.00. The van der Waals surface area contributed by atoms with E-state index in [-0.39, 0.29) is 0 Å². The van der Waals surface area contributed by atoms with Crippen molar-refractivity contribution in [3.05, 3.63) is 28.1 Å². The van der Waals surface area contributed by atoms with Crippen molar-refractivity contribution >= 4 is 33.2 Å². The Morgan fingerprint density at radius 3 is 3.09 bits per heavy atom. The van der Waals surface area contributed by atoms with Gasteiger partial charge in [0, 0.05) is 0 Å². The van der Waals surface area contributed by atoms with Crippen LogP contribution in [0.25, 0.3) is 5.65 Å². The van der Waals surface area contributed by atoms with Gasteiger partial charge < -0.3 is 0 Å². The van der Waals surface area contributed by atoms with Crippen molar-refractivity contribution in [1.82, 2.24) is 14.6 Å². The van der Waals surface area contributed by atoms with Gasteiger partial charge in [0.25, 0.3) is 0 Å². The molecule has 2 rings (SSSR count). The summed E-state index contributed by atoms with van der Waals surface area (Å²) < 4.78 is 2.30. The van der Waals surface area contributed by atoms with Crippen molar-refractivity contribution in [1.29, 1.82) is 0 Å². The number of nitrogens with zero attached hydrogens (tertiary/aromatic N) is 3. The lowest BCUT2D eigenvalue weighted by molar-refractivity contribution is 0.917. The summed E-state index contributed by atoms with van der Waals surface area (Å²) in [6.07, 6.45) is 1.57. The number of aromatic nitrogens is 3. The molecular formula is C6H3BrClN3. The van der Waals surface area contributed by atoms with Crippen LogP contribution in [0.15, 0.2) is 22.9 Å². The van der Waals surface area contributed by atoms with Gasteiger partial charge in [0.05, 0.1) is 6.20 Å². The van der Waals surface area contributed by atoms with Gasteiger partial charge in [0.15, 0.2) is 10.8 Å². The van der Waals surface area contributed by atoms with E-state index in [2.05, 4.69) is 26.0 Å². The Bertz CT molecular complexity index is 398. The molecule has 56 valence electrons. The molecule has 0 fully saturated rings. The van der Waals surface area contributed by atoms with Gasteiger partial charge >= 0.3 is 0 Å². The maximum atomic E-state index is 5.76. The Morgan fingerprint density at radius 2 is 2.27 bits per heavy atom. The molecule has 0 aromatic carbocycles. The molecule has 0 aliphatic carbocycles. The highest BCUT2D eigenvalue weighted by molar-refractivity contribution is 9.10. The zero-order valence-corrected chi connectivity index (χ0v) is 7.67. The van der Waals surface area contributed by atoms with Gasteiger partial charge in [-0.3, -0.25) is 0 Å². The third-order valence-electron chi connectivity index (χ3n) is 1.29. The molecule has 11 heavy (non-hydrogen) atoms. The molecule has 0 bridgehead atoms. The van der Waals surface area contributed by atoms with E-state index in [1.807, 2.05) is 12.1 Å². The first kappa shape index (κ1) is 7.06. The first-order chi connectivity index (χ1) is 5.27. The van der Waals surface area contributed by atoms with E-state index in [1.165, 1.54) is 0 Å². The third-order valence-corrected chi connectivity index (χ3v) is 1.97. The summed E-state index contributed by atoms with van der Waals surface area (Å²) in [5.41, 5.74) is 0.748. The van der Waals surface area contributed by atoms with E-state index in [0.29, 0.717) is 5.15 Å². The second kappa shape index (κ2) is 2.46. The summed E-state index contributed by atoms with van der Waals surface area (Å²) in [4.78, 5) is 4.01. The molecule has 0 atom stereocenters. The van der Waals surface area contributed by atoms with E-state index in [4.69, 9.17) is 11.6 Å². The molecule has 0 aliphatic heterocycles. The normalized spacial score (nSPS) is 10.7. The maximum Gasteiger partial charge on any atom is 0.155 e. The molecule has 5 heteroatoms. The lowest BCUT2D eigenvalue weighted by Gasteiger charge is -1.92. The van der Waals surface area contributed by atoms with Crippen molar-refractivity contribution in [2.45, 2.75) is 0 Å². The van der Waals surface area contributed by atoms with Crippen LogP contribution in [-0.2, 0) is 0 Å². The Labute approximate surface area is 76.1 Å². The quantitative estimate of drug-likeness (QED) is 0.697. The minimum absolute atomic E-state index is 0.515. The maximum absolute atomic E-state index is 5.76. The molecular weight excluding hydrogens is 229 g/mol. The largest absolute Gasteiger partial charge is 0.234 e. The van der Waals surface area contributed by atoms with Crippen molar-refractivity contribution in [2.24, 2.45) is 0 Å². The monoisotopic (exact) mass is 231 g/mol. The second-order valence-corrected chi connectivity index (χ2v) is 3.21. The first-order valence-corrected chi connectivity index (χ1v) is 4.10. The average molecular weight is 232 g/mol. The fraction of sp³-hybridized carbons (Fsp3) is 0. The second-order valence-electron chi connectivity index (χ2n) is 2.01. The lowest BCUT2D eigenvalue weighted by Crippen LogP contribution is -1.90. The summed E-state index contributed by atoms with van der Waals surface area (Å²) in [6.45, 7) is 0. The summed E-state index contributed by atoms with van der Waals surface area (Å²) in [7, 11) is 0. The number of rotatable bonds is 0. The molecule has 0 unspecified atom stereocenters. The average Bonchev–Trinajstić information content (AvgIpc) is 2.33. The number of fused-ring (bicyclic) bond motifs is 1. The topological polar surface area (TPSA) is 30.2 Å². The molecule has 2 heterocycles. The van der Waals surface area contributed by atoms with Crippen LogP contribution in [0.5, 0.6) is 0 Å². The van der Waals surface area contributed by atoms with Crippen molar-refractivity contribution in [3.8, 4) is 0 Å². The van der Waals surface area contributed by atoms with Crippen LogP contribution < -0.4 is 0 Å². The molecule has 2 aromatic rings. The van der Waals surface area contributed by atoms with Crippen molar-refractivity contribution in [2.75, 3.05) is 0 Å². The Balaban J connectivity index is 2.87. The minimum atomic E-state index is 0.515. The summed E-state index contributed by atoms with van der Waals surface area (Å²) >= 11 is 8.99. The van der Waals surface area contributed by atoms with Crippen molar-refractivity contribution < 1.29 is 0 Å². The molecule has 3 nitrogen and oxygen atoms in total. The van der Waals surface area contributed by atoms with Gasteiger partial charge in [0.2, 0.25) is 0 Å². The molecule has 0 N–H and O–H groups in total. The van der Waals surface area contributed by atoms with Crippen LogP contribution in [0.3, 0.4) is 0 Å². The van der Waals surface area contributed by atoms with Crippen LogP contribution in [0.1, 0.15) is 0 Å². The van der Waals surface area contributed by atoms with Gasteiger partial charge in [-0.15, -0.1) is 0 Å². The van der Waals surface area contributed by atoms with Crippen molar-refractivity contribution in [3.63, 3.8) is 0 Å². The third kappa shape index (κ3) is 1.12.